The molecule has 1 heterocycles. The summed E-state index contributed by atoms with van der Waals surface area (Å²) in [6.07, 6.45) is 1.03. The molecule has 0 spiro atoms. The van der Waals surface area contributed by atoms with Gasteiger partial charge in [0, 0.05) is 43.5 Å². The molecule has 26 heavy (non-hydrogen) atoms. The Labute approximate surface area is 157 Å². The lowest BCUT2D eigenvalue weighted by molar-refractivity contribution is -0.116. The topological polar surface area (TPSA) is 69.7 Å². The lowest BCUT2D eigenvalue weighted by Gasteiger charge is -2.26. The van der Waals surface area contributed by atoms with Crippen molar-refractivity contribution < 1.29 is 13.2 Å². The summed E-state index contributed by atoms with van der Waals surface area (Å²) in [4.78, 5) is 16.6. The fraction of sp³-hybridized carbons (Fsp3) is 0.632. The number of sulfone groups is 1. The Hall–Kier alpha value is -1.60. The van der Waals surface area contributed by atoms with Gasteiger partial charge in [0.2, 0.25) is 5.91 Å². The maximum absolute atomic E-state index is 12.2. The van der Waals surface area contributed by atoms with Crippen LogP contribution in [0, 0.1) is 0 Å². The molecule has 146 valence electrons. The summed E-state index contributed by atoms with van der Waals surface area (Å²) in [7, 11) is -2.90. The van der Waals surface area contributed by atoms with E-state index in [1.54, 1.807) is 0 Å². The molecule has 1 amide bonds. The van der Waals surface area contributed by atoms with Gasteiger partial charge in [-0.3, -0.25) is 9.69 Å². The number of hydrogen-bond acceptors (Lipinski definition) is 5. The van der Waals surface area contributed by atoms with Crippen molar-refractivity contribution in [3.05, 3.63) is 24.3 Å². The second-order valence-corrected chi connectivity index (χ2v) is 8.93. The molecule has 7 heteroatoms. The molecule has 0 radical (unpaired) electrons. The van der Waals surface area contributed by atoms with Crippen LogP contribution in [0.4, 0.5) is 11.4 Å². The molecule has 2 rings (SSSR count). The summed E-state index contributed by atoms with van der Waals surface area (Å²) < 4.78 is 23.3. The highest BCUT2D eigenvalue weighted by atomic mass is 32.2. The number of nitrogens with one attached hydrogen (secondary N) is 1. The van der Waals surface area contributed by atoms with Gasteiger partial charge in [0.1, 0.15) is 0 Å². The van der Waals surface area contributed by atoms with Crippen molar-refractivity contribution in [2.75, 3.05) is 47.9 Å². The van der Waals surface area contributed by atoms with Crippen LogP contribution >= 0.6 is 0 Å². The number of nitrogens with zero attached hydrogens (tertiary/aromatic N) is 2. The van der Waals surface area contributed by atoms with Crippen LogP contribution in [-0.4, -0.2) is 63.0 Å². The highest BCUT2D eigenvalue weighted by molar-refractivity contribution is 7.91. The van der Waals surface area contributed by atoms with Gasteiger partial charge in [-0.25, -0.2) is 8.42 Å². The molecule has 1 aromatic carbocycles. The van der Waals surface area contributed by atoms with Crippen molar-refractivity contribution in [3.63, 3.8) is 0 Å². The Balaban J connectivity index is 1.84. The number of hydrogen-bond donors (Lipinski definition) is 1. The van der Waals surface area contributed by atoms with Crippen LogP contribution in [0.25, 0.3) is 0 Å². The summed E-state index contributed by atoms with van der Waals surface area (Å²) >= 11 is 0. The van der Waals surface area contributed by atoms with Crippen LogP contribution in [0.3, 0.4) is 0 Å². The second-order valence-electron chi connectivity index (χ2n) is 6.70. The quantitative estimate of drug-likeness (QED) is 0.711. The minimum atomic E-state index is -2.90. The molecule has 1 fully saturated rings. The maximum atomic E-state index is 12.2. The second kappa shape index (κ2) is 9.37. The summed E-state index contributed by atoms with van der Waals surface area (Å²) in [6, 6.07) is 7.93. The average Bonchev–Trinajstić information content (AvgIpc) is 2.98. The van der Waals surface area contributed by atoms with Crippen LogP contribution in [-0.2, 0) is 14.6 Å². The summed E-state index contributed by atoms with van der Waals surface area (Å²) in [5, 5.41) is 2.93. The van der Waals surface area contributed by atoms with Crippen LogP contribution in [0.5, 0.6) is 0 Å². The third-order valence-electron chi connectivity index (χ3n) is 5.04. The van der Waals surface area contributed by atoms with Crippen molar-refractivity contribution in [1.82, 2.24) is 4.90 Å². The first-order chi connectivity index (χ1) is 12.4. The Morgan fingerprint density at radius 1 is 1.12 bits per heavy atom. The predicted octanol–water partition coefficient (Wildman–Crippen LogP) is 2.37. The number of carbonyl (C=O) groups excluding carboxylic acids is 1. The van der Waals surface area contributed by atoms with Gasteiger partial charge in [0.15, 0.2) is 9.84 Å². The minimum absolute atomic E-state index is 0.0418. The number of rotatable bonds is 9. The Morgan fingerprint density at radius 2 is 1.77 bits per heavy atom. The Bertz CT molecular complexity index is 684. The van der Waals surface area contributed by atoms with Gasteiger partial charge in [-0.15, -0.1) is 0 Å². The maximum Gasteiger partial charge on any atom is 0.225 e. The minimum Gasteiger partial charge on any atom is -0.372 e. The molecule has 6 nitrogen and oxygen atoms in total. The van der Waals surface area contributed by atoms with E-state index in [1.165, 1.54) is 0 Å². The third-order valence-corrected chi connectivity index (χ3v) is 6.79. The van der Waals surface area contributed by atoms with E-state index in [9.17, 15) is 13.2 Å². The molecular formula is C19H31N3O3S. The molecule has 1 N–H and O–H groups in total. The van der Waals surface area contributed by atoms with Gasteiger partial charge < -0.3 is 10.2 Å². The third kappa shape index (κ3) is 5.71. The van der Waals surface area contributed by atoms with Gasteiger partial charge in [-0.05, 0) is 51.1 Å². The smallest absolute Gasteiger partial charge is 0.225 e. The molecule has 1 aromatic rings. The van der Waals surface area contributed by atoms with E-state index in [-0.39, 0.29) is 23.5 Å². The van der Waals surface area contributed by atoms with Crippen molar-refractivity contribution in [2.24, 2.45) is 0 Å². The molecular weight excluding hydrogens is 350 g/mol. The average molecular weight is 382 g/mol. The lowest BCUT2D eigenvalue weighted by atomic mass is 10.2. The molecule has 0 aliphatic carbocycles. The molecule has 0 bridgehead atoms. The van der Waals surface area contributed by atoms with Gasteiger partial charge in [-0.1, -0.05) is 6.92 Å². The normalized spacial score (nSPS) is 18.8. The van der Waals surface area contributed by atoms with E-state index < -0.39 is 9.84 Å². The highest BCUT2D eigenvalue weighted by Crippen LogP contribution is 2.19. The highest BCUT2D eigenvalue weighted by Gasteiger charge is 2.31. The molecule has 1 aliphatic rings. The molecule has 1 unspecified atom stereocenters. The van der Waals surface area contributed by atoms with Crippen LogP contribution < -0.4 is 10.2 Å². The summed E-state index contributed by atoms with van der Waals surface area (Å²) in [5.74, 6) is 0.439. The molecule has 0 saturated carbocycles. The number of anilines is 2. The van der Waals surface area contributed by atoms with E-state index in [1.807, 2.05) is 31.2 Å². The summed E-state index contributed by atoms with van der Waals surface area (Å²) in [5.41, 5.74) is 1.94. The van der Waals surface area contributed by atoms with Gasteiger partial charge in [0.25, 0.3) is 0 Å². The molecule has 0 aromatic heterocycles. The number of carbonyl (C=O) groups is 1. The van der Waals surface area contributed by atoms with Crippen molar-refractivity contribution >= 4 is 27.1 Å². The first-order valence-corrected chi connectivity index (χ1v) is 11.3. The molecule has 1 atom stereocenters. The Kier molecular flexibility index (Phi) is 7.46. The van der Waals surface area contributed by atoms with Crippen LogP contribution in [0.1, 0.15) is 33.6 Å². The van der Waals surface area contributed by atoms with Crippen molar-refractivity contribution in [1.29, 1.82) is 0 Å². The zero-order valence-electron chi connectivity index (χ0n) is 16.1. The van der Waals surface area contributed by atoms with Gasteiger partial charge >= 0.3 is 0 Å². The SMILES string of the molecule is CCN(CC)c1ccc(NC(=O)CCN(CC)C2CCS(=O)(=O)C2)cc1. The largest absolute Gasteiger partial charge is 0.372 e. The number of amides is 1. The van der Waals surface area contributed by atoms with E-state index in [0.717, 1.165) is 31.0 Å². The van der Waals surface area contributed by atoms with E-state index >= 15 is 0 Å². The Morgan fingerprint density at radius 3 is 2.27 bits per heavy atom. The van der Waals surface area contributed by atoms with Crippen molar-refractivity contribution in [2.45, 2.75) is 39.7 Å². The first-order valence-electron chi connectivity index (χ1n) is 9.47. The lowest BCUT2D eigenvalue weighted by Crippen LogP contribution is -2.38. The van der Waals surface area contributed by atoms with E-state index in [2.05, 4.69) is 29.0 Å². The summed E-state index contributed by atoms with van der Waals surface area (Å²) in [6.45, 7) is 9.49. The zero-order valence-corrected chi connectivity index (χ0v) is 16.9. The fourth-order valence-corrected chi connectivity index (χ4v) is 5.24. The first kappa shape index (κ1) is 20.7. The predicted molar refractivity (Wildman–Crippen MR) is 108 cm³/mol. The van der Waals surface area contributed by atoms with Crippen molar-refractivity contribution in [3.8, 4) is 0 Å². The van der Waals surface area contributed by atoms with E-state index in [0.29, 0.717) is 19.4 Å². The van der Waals surface area contributed by atoms with Gasteiger partial charge in [-0.2, -0.15) is 0 Å². The van der Waals surface area contributed by atoms with Crippen LogP contribution in [0.2, 0.25) is 0 Å². The number of benzene rings is 1. The standard InChI is InChI=1S/C19H31N3O3S/c1-4-21(5-2)17-9-7-16(8-10-17)20-19(23)11-13-22(6-3)18-12-14-26(24,25)15-18/h7-10,18H,4-6,11-15H2,1-3H3,(H,20,23). The van der Waals surface area contributed by atoms with E-state index in [4.69, 9.17) is 0 Å². The fourth-order valence-electron chi connectivity index (χ4n) is 3.48. The van der Waals surface area contributed by atoms with Crippen LogP contribution in [0.15, 0.2) is 24.3 Å². The monoisotopic (exact) mass is 381 g/mol. The molecule has 1 saturated heterocycles. The molecule has 1 aliphatic heterocycles. The zero-order chi connectivity index (χ0) is 19.2. The van der Waals surface area contributed by atoms with Gasteiger partial charge in [0.05, 0.1) is 11.5 Å².